The fourth-order valence-corrected chi connectivity index (χ4v) is 2.91. The van der Waals surface area contributed by atoms with Gasteiger partial charge in [0.05, 0.1) is 19.8 Å². The van der Waals surface area contributed by atoms with Gasteiger partial charge in [-0.3, -0.25) is 4.90 Å². The van der Waals surface area contributed by atoms with Crippen molar-refractivity contribution in [1.82, 2.24) is 4.90 Å². The van der Waals surface area contributed by atoms with E-state index in [0.717, 1.165) is 19.0 Å². The van der Waals surface area contributed by atoms with Crippen molar-refractivity contribution in [3.05, 3.63) is 23.3 Å². The average Bonchev–Trinajstić information content (AvgIpc) is 2.79. The van der Waals surface area contributed by atoms with Gasteiger partial charge in [-0.25, -0.2) is 8.78 Å². The van der Waals surface area contributed by atoms with E-state index in [1.165, 1.54) is 14.2 Å². The number of likely N-dealkylation sites (tertiary alicyclic amines) is 1. The first-order chi connectivity index (χ1) is 9.53. The number of hydrogen-bond acceptors (Lipinski definition) is 4. The summed E-state index contributed by atoms with van der Waals surface area (Å²) in [4.78, 5) is 2.01. The van der Waals surface area contributed by atoms with Crippen molar-refractivity contribution in [3.63, 3.8) is 0 Å². The fourth-order valence-electron chi connectivity index (χ4n) is 2.91. The first-order valence-corrected chi connectivity index (χ1v) is 6.53. The molecule has 0 radical (unpaired) electrons. The lowest BCUT2D eigenvalue weighted by Gasteiger charge is -2.23. The molecule has 0 bridgehead atoms. The summed E-state index contributed by atoms with van der Waals surface area (Å²) in [6.07, 6.45) is 0.717. The van der Waals surface area contributed by atoms with Crippen molar-refractivity contribution < 1.29 is 18.3 Å². The molecular weight excluding hydrogens is 266 g/mol. The maximum Gasteiger partial charge on any atom is 0.197 e. The zero-order valence-electron chi connectivity index (χ0n) is 12.0. The molecule has 4 nitrogen and oxygen atoms in total. The van der Waals surface area contributed by atoms with Gasteiger partial charge in [-0.2, -0.15) is 0 Å². The van der Waals surface area contributed by atoms with Crippen LogP contribution in [0.3, 0.4) is 0 Å². The molecular formula is C14H20F2N2O2. The molecule has 0 saturated carbocycles. The van der Waals surface area contributed by atoms with Gasteiger partial charge >= 0.3 is 0 Å². The molecule has 2 rings (SSSR count). The zero-order chi connectivity index (χ0) is 14.9. The number of halogens is 2. The Morgan fingerprint density at radius 3 is 2.40 bits per heavy atom. The van der Waals surface area contributed by atoms with Gasteiger partial charge in [0, 0.05) is 18.7 Å². The lowest BCUT2D eigenvalue weighted by molar-refractivity contribution is 0.283. The van der Waals surface area contributed by atoms with Crippen LogP contribution in [-0.2, 0) is 0 Å². The van der Waals surface area contributed by atoms with E-state index in [0.29, 0.717) is 18.0 Å². The van der Waals surface area contributed by atoms with E-state index < -0.39 is 11.6 Å². The van der Waals surface area contributed by atoms with Crippen molar-refractivity contribution in [1.29, 1.82) is 0 Å². The summed E-state index contributed by atoms with van der Waals surface area (Å²) < 4.78 is 38.2. The number of benzene rings is 1. The van der Waals surface area contributed by atoms with Crippen LogP contribution in [0.25, 0.3) is 0 Å². The highest BCUT2D eigenvalue weighted by Crippen LogP contribution is 2.44. The highest BCUT2D eigenvalue weighted by Gasteiger charge is 2.35. The summed E-state index contributed by atoms with van der Waals surface area (Å²) >= 11 is 0. The molecule has 0 aromatic heterocycles. The molecule has 1 fully saturated rings. The predicted molar refractivity (Wildman–Crippen MR) is 72.0 cm³/mol. The largest absolute Gasteiger partial charge is 0.492 e. The molecule has 0 amide bonds. The van der Waals surface area contributed by atoms with E-state index in [2.05, 4.69) is 0 Å². The molecule has 0 spiro atoms. The van der Waals surface area contributed by atoms with Crippen LogP contribution >= 0.6 is 0 Å². The summed E-state index contributed by atoms with van der Waals surface area (Å²) in [5.74, 6) is -1.02. The van der Waals surface area contributed by atoms with E-state index in [9.17, 15) is 8.78 Å². The Bertz CT molecular complexity index is 497. The van der Waals surface area contributed by atoms with Crippen LogP contribution in [-0.4, -0.2) is 39.3 Å². The first-order valence-electron chi connectivity index (χ1n) is 6.53. The molecule has 20 heavy (non-hydrogen) atoms. The Labute approximate surface area is 117 Å². The fraction of sp³-hybridized carbons (Fsp3) is 0.571. The molecule has 2 atom stereocenters. The van der Waals surface area contributed by atoms with Gasteiger partial charge < -0.3 is 15.2 Å². The third-order valence-corrected chi connectivity index (χ3v) is 3.89. The summed E-state index contributed by atoms with van der Waals surface area (Å²) in [5, 5.41) is 0. The minimum atomic E-state index is -0.762. The van der Waals surface area contributed by atoms with Crippen molar-refractivity contribution in [3.8, 4) is 11.5 Å². The normalized spacial score (nSPS) is 23.1. The molecule has 1 aliphatic rings. The smallest absolute Gasteiger partial charge is 0.197 e. The molecule has 1 aromatic rings. The van der Waals surface area contributed by atoms with Crippen LogP contribution in [0.5, 0.6) is 11.5 Å². The van der Waals surface area contributed by atoms with Gasteiger partial charge in [0.1, 0.15) is 5.82 Å². The van der Waals surface area contributed by atoms with E-state index in [1.807, 2.05) is 11.9 Å². The van der Waals surface area contributed by atoms with Crippen LogP contribution < -0.4 is 15.2 Å². The number of hydrogen-bond donors (Lipinski definition) is 1. The monoisotopic (exact) mass is 286 g/mol. The van der Waals surface area contributed by atoms with E-state index in [4.69, 9.17) is 15.2 Å². The Kier molecular flexibility index (Phi) is 4.45. The highest BCUT2D eigenvalue weighted by atomic mass is 19.1. The zero-order valence-corrected chi connectivity index (χ0v) is 12.0. The van der Waals surface area contributed by atoms with Gasteiger partial charge in [0.25, 0.3) is 0 Å². The second-order valence-corrected chi connectivity index (χ2v) is 5.11. The van der Waals surface area contributed by atoms with Gasteiger partial charge in [0.2, 0.25) is 0 Å². The molecule has 112 valence electrons. The van der Waals surface area contributed by atoms with E-state index in [-0.39, 0.29) is 17.5 Å². The summed E-state index contributed by atoms with van der Waals surface area (Å²) in [7, 11) is 4.62. The van der Waals surface area contributed by atoms with Crippen LogP contribution in [0.4, 0.5) is 8.78 Å². The number of ether oxygens (including phenoxy) is 2. The van der Waals surface area contributed by atoms with Gasteiger partial charge in [-0.1, -0.05) is 0 Å². The number of rotatable bonds is 4. The molecule has 1 aromatic carbocycles. The maximum absolute atomic E-state index is 14.2. The quantitative estimate of drug-likeness (QED) is 0.919. The first kappa shape index (κ1) is 15.0. The third-order valence-electron chi connectivity index (χ3n) is 3.89. The van der Waals surface area contributed by atoms with Crippen molar-refractivity contribution in [2.45, 2.75) is 12.5 Å². The van der Waals surface area contributed by atoms with Crippen molar-refractivity contribution >= 4 is 0 Å². The number of nitrogens with zero attached hydrogens (tertiary/aromatic N) is 1. The maximum atomic E-state index is 14.2. The molecule has 2 unspecified atom stereocenters. The van der Waals surface area contributed by atoms with Crippen molar-refractivity contribution in [2.24, 2.45) is 11.7 Å². The molecule has 6 heteroatoms. The van der Waals surface area contributed by atoms with Gasteiger partial charge in [-0.15, -0.1) is 0 Å². The Morgan fingerprint density at radius 2 is 1.90 bits per heavy atom. The third kappa shape index (κ3) is 2.45. The Balaban J connectivity index is 2.50. The van der Waals surface area contributed by atoms with Crippen molar-refractivity contribution in [2.75, 3.05) is 34.4 Å². The minimum Gasteiger partial charge on any atom is -0.492 e. The molecule has 1 aliphatic heterocycles. The molecule has 1 heterocycles. The summed E-state index contributed by atoms with van der Waals surface area (Å²) in [6, 6.07) is 0.660. The lowest BCUT2D eigenvalue weighted by atomic mass is 9.98. The van der Waals surface area contributed by atoms with Gasteiger partial charge in [-0.05, 0) is 25.9 Å². The number of nitrogens with two attached hydrogens (primary N) is 1. The Morgan fingerprint density at radius 1 is 1.25 bits per heavy atom. The lowest BCUT2D eigenvalue weighted by Crippen LogP contribution is -2.21. The van der Waals surface area contributed by atoms with Crippen LogP contribution in [0.2, 0.25) is 0 Å². The summed E-state index contributed by atoms with van der Waals surface area (Å²) in [6.45, 7) is 1.33. The second-order valence-electron chi connectivity index (χ2n) is 5.11. The average molecular weight is 286 g/mol. The molecule has 2 N–H and O–H groups in total. The van der Waals surface area contributed by atoms with E-state index in [1.54, 1.807) is 0 Å². The Hall–Kier alpha value is -1.40. The standard InChI is InChI=1S/C14H20F2N2O2/c1-18-7-8(6-17)4-11(18)12-9(15)5-10(16)13(19-2)14(12)20-3/h5,8,11H,4,6-7,17H2,1-3H3. The minimum absolute atomic E-state index is 0.0616. The predicted octanol–water partition coefficient (Wildman–Crippen LogP) is 1.93. The highest BCUT2D eigenvalue weighted by molar-refractivity contribution is 5.50. The topological polar surface area (TPSA) is 47.7 Å². The van der Waals surface area contributed by atoms with Crippen LogP contribution in [0, 0.1) is 17.6 Å². The second kappa shape index (κ2) is 5.93. The SMILES string of the molecule is COc1c(F)cc(F)c(C2CC(CN)CN2C)c1OC. The van der Waals surface area contributed by atoms with E-state index >= 15 is 0 Å². The molecule has 1 saturated heterocycles. The molecule has 0 aliphatic carbocycles. The van der Waals surface area contributed by atoms with Crippen LogP contribution in [0.15, 0.2) is 6.07 Å². The van der Waals surface area contributed by atoms with Gasteiger partial charge in [0.15, 0.2) is 17.3 Å². The summed E-state index contributed by atoms with van der Waals surface area (Å²) in [5.41, 5.74) is 6.03. The number of methoxy groups -OCH3 is 2. The van der Waals surface area contributed by atoms with Crippen LogP contribution in [0.1, 0.15) is 18.0 Å².